The molecule has 44 heavy (non-hydrogen) atoms. The maximum Gasteiger partial charge on any atom is 0.271 e. The summed E-state index contributed by atoms with van der Waals surface area (Å²) in [5.41, 5.74) is 10.4. The number of hydrogen-bond acceptors (Lipinski definition) is 10. The number of ether oxygens (including phenoxy) is 1. The van der Waals surface area contributed by atoms with Crippen molar-refractivity contribution >= 4 is 28.9 Å². The van der Waals surface area contributed by atoms with Gasteiger partial charge >= 0.3 is 0 Å². The lowest BCUT2D eigenvalue weighted by Crippen LogP contribution is -2.52. The molecule has 12 heteroatoms. The molecule has 0 radical (unpaired) electrons. The zero-order valence-corrected chi connectivity index (χ0v) is 26.2. The fraction of sp³-hybridized carbons (Fsp3) is 0.562. The zero-order chi connectivity index (χ0) is 30.6. The summed E-state index contributed by atoms with van der Waals surface area (Å²) < 4.78 is 5.55. The van der Waals surface area contributed by atoms with E-state index < -0.39 is 5.91 Å². The maximum absolute atomic E-state index is 12.6. The lowest BCUT2D eigenvalue weighted by atomic mass is 10.00. The van der Waals surface area contributed by atoms with Crippen molar-refractivity contribution in [2.24, 2.45) is 5.73 Å². The van der Waals surface area contributed by atoms with Crippen molar-refractivity contribution in [3.8, 4) is 11.4 Å². The van der Waals surface area contributed by atoms with E-state index in [2.05, 4.69) is 67.5 Å². The summed E-state index contributed by atoms with van der Waals surface area (Å²) in [6, 6.07) is 7.26. The van der Waals surface area contributed by atoms with Gasteiger partial charge in [0.05, 0.1) is 0 Å². The Morgan fingerprint density at radius 2 is 1.77 bits per heavy atom. The number of aromatic nitrogens is 4. The normalized spacial score (nSPS) is 19.3. The first-order chi connectivity index (χ1) is 21.4. The number of imidazole rings is 1. The molecule has 5 N–H and O–H groups in total. The first-order valence-corrected chi connectivity index (χ1v) is 16.0. The van der Waals surface area contributed by atoms with Gasteiger partial charge in [0.1, 0.15) is 17.2 Å². The Balaban J connectivity index is 1.23. The molecule has 0 atom stereocenters. The summed E-state index contributed by atoms with van der Waals surface area (Å²) in [5.74, 6) is 0.983. The minimum Gasteiger partial charge on any atom is -0.381 e. The van der Waals surface area contributed by atoms with Crippen LogP contribution in [0.1, 0.15) is 54.5 Å². The smallest absolute Gasteiger partial charge is 0.271 e. The van der Waals surface area contributed by atoms with E-state index in [9.17, 15) is 4.79 Å². The minimum atomic E-state index is -0.651. The Labute approximate surface area is 259 Å². The number of aromatic amines is 1. The molecule has 3 aromatic rings. The van der Waals surface area contributed by atoms with Crippen LogP contribution in [0.2, 0.25) is 0 Å². The molecule has 236 valence electrons. The average molecular weight is 603 g/mol. The van der Waals surface area contributed by atoms with Crippen LogP contribution in [-0.4, -0.2) is 107 Å². The van der Waals surface area contributed by atoms with Gasteiger partial charge in [-0.3, -0.25) is 9.69 Å². The molecule has 6 rings (SSSR count). The molecule has 1 aromatic carbocycles. The molecule has 5 heterocycles. The summed E-state index contributed by atoms with van der Waals surface area (Å²) in [5, 5.41) is 6.92. The number of H-pyrrole nitrogens is 1. The molecular formula is C32H46N10O2. The van der Waals surface area contributed by atoms with E-state index in [0.717, 1.165) is 57.0 Å². The van der Waals surface area contributed by atoms with Crippen molar-refractivity contribution in [2.75, 3.05) is 75.1 Å². The molecule has 2 aromatic heterocycles. The number of anilines is 4. The predicted molar refractivity (Wildman–Crippen MR) is 174 cm³/mol. The van der Waals surface area contributed by atoms with Crippen molar-refractivity contribution in [1.82, 2.24) is 29.7 Å². The van der Waals surface area contributed by atoms with Gasteiger partial charge in [0, 0.05) is 82.1 Å². The number of hydrogen-bond donors (Lipinski definition) is 4. The van der Waals surface area contributed by atoms with Gasteiger partial charge in [-0.2, -0.15) is 0 Å². The van der Waals surface area contributed by atoms with Gasteiger partial charge in [-0.05, 0) is 69.8 Å². The Hall–Kier alpha value is -3.74. The quantitative estimate of drug-likeness (QED) is 0.288. The summed E-state index contributed by atoms with van der Waals surface area (Å²) in [6.07, 6.45) is 6.76. The van der Waals surface area contributed by atoms with E-state index in [1.807, 2.05) is 6.92 Å². The third kappa shape index (κ3) is 6.82. The third-order valence-electron chi connectivity index (χ3n) is 9.22. The molecule has 0 aliphatic carbocycles. The summed E-state index contributed by atoms with van der Waals surface area (Å²) in [7, 11) is 2.21. The SMILES string of the molecule is CCc1cc(Nc2nc(NC3CCOCC3)c(-c3c[nH]c(C)n3)nc2C(N)=O)ccc1N1CCC(N2CCN(C)CC2)CC1. The second kappa shape index (κ2) is 13.5. The Morgan fingerprint density at radius 3 is 2.43 bits per heavy atom. The van der Waals surface area contributed by atoms with Crippen molar-refractivity contribution in [2.45, 2.75) is 58.0 Å². The molecule has 3 fully saturated rings. The van der Waals surface area contributed by atoms with Crippen molar-refractivity contribution < 1.29 is 9.53 Å². The molecule has 3 aliphatic heterocycles. The Bertz CT molecular complexity index is 1440. The average Bonchev–Trinajstić information content (AvgIpc) is 3.48. The van der Waals surface area contributed by atoms with Crippen LogP contribution in [0.25, 0.3) is 11.4 Å². The second-order valence-corrected chi connectivity index (χ2v) is 12.3. The monoisotopic (exact) mass is 602 g/mol. The highest BCUT2D eigenvalue weighted by molar-refractivity contribution is 5.97. The van der Waals surface area contributed by atoms with Gasteiger partial charge in [-0.1, -0.05) is 6.92 Å². The van der Waals surface area contributed by atoms with Crippen LogP contribution in [0, 0.1) is 6.92 Å². The van der Waals surface area contributed by atoms with E-state index in [-0.39, 0.29) is 11.7 Å². The maximum atomic E-state index is 12.6. The van der Waals surface area contributed by atoms with E-state index in [4.69, 9.17) is 20.4 Å². The summed E-state index contributed by atoms with van der Waals surface area (Å²) in [4.78, 5) is 37.5. The van der Waals surface area contributed by atoms with Crippen LogP contribution in [0.5, 0.6) is 0 Å². The first-order valence-electron chi connectivity index (χ1n) is 16.0. The van der Waals surface area contributed by atoms with Crippen LogP contribution in [-0.2, 0) is 11.2 Å². The number of carbonyl (C=O) groups is 1. The fourth-order valence-corrected chi connectivity index (χ4v) is 6.60. The van der Waals surface area contributed by atoms with Gasteiger partial charge < -0.3 is 35.9 Å². The molecule has 0 unspecified atom stereocenters. The Kier molecular flexibility index (Phi) is 9.29. The van der Waals surface area contributed by atoms with Gasteiger partial charge in [0.2, 0.25) is 0 Å². The molecule has 0 bridgehead atoms. The number of primary amides is 1. The molecule has 3 aliphatic rings. The number of piperidine rings is 1. The van der Waals surface area contributed by atoms with Crippen LogP contribution in [0.4, 0.5) is 23.0 Å². The molecule has 0 spiro atoms. The lowest BCUT2D eigenvalue weighted by molar-refractivity contribution is 0.0904. The topological polar surface area (TPSA) is 141 Å². The number of aryl methyl sites for hydroxylation is 2. The number of benzene rings is 1. The standard InChI is InChI=1S/C32H46N10O2/c1-4-22-19-24(5-6-27(22)42-11-7-25(8-12-42)41-15-13-40(3)14-16-41)37-32-29(30(33)43)38-28(26-20-34-21(2)35-26)31(39-32)36-23-9-17-44-18-10-23/h5-6,19-20,23,25H,4,7-18H2,1-3H3,(H2,33,43)(H,34,35)(H2,36,37,39). The van der Waals surface area contributed by atoms with Crippen molar-refractivity contribution in [1.29, 1.82) is 0 Å². The van der Waals surface area contributed by atoms with Gasteiger partial charge in [-0.15, -0.1) is 0 Å². The van der Waals surface area contributed by atoms with E-state index in [0.29, 0.717) is 42.3 Å². The molecule has 3 saturated heterocycles. The molecule has 1 amide bonds. The highest BCUT2D eigenvalue weighted by atomic mass is 16.5. The van der Waals surface area contributed by atoms with Crippen molar-refractivity contribution in [3.63, 3.8) is 0 Å². The van der Waals surface area contributed by atoms with Gasteiger partial charge in [-0.25, -0.2) is 15.0 Å². The van der Waals surface area contributed by atoms with E-state index in [1.165, 1.54) is 37.2 Å². The largest absolute Gasteiger partial charge is 0.381 e. The summed E-state index contributed by atoms with van der Waals surface area (Å²) in [6.45, 7) is 12.2. The van der Waals surface area contributed by atoms with Crippen LogP contribution < -0.4 is 21.3 Å². The number of carbonyl (C=O) groups excluding carboxylic acids is 1. The van der Waals surface area contributed by atoms with Crippen LogP contribution in [0.15, 0.2) is 24.4 Å². The fourth-order valence-electron chi connectivity index (χ4n) is 6.60. The second-order valence-electron chi connectivity index (χ2n) is 12.3. The molecule has 12 nitrogen and oxygen atoms in total. The van der Waals surface area contributed by atoms with E-state index in [1.54, 1.807) is 6.20 Å². The number of likely N-dealkylation sites (N-methyl/N-ethyl adjacent to an activating group) is 1. The van der Waals surface area contributed by atoms with Crippen LogP contribution >= 0.6 is 0 Å². The minimum absolute atomic E-state index is 0.0753. The van der Waals surface area contributed by atoms with Crippen molar-refractivity contribution in [3.05, 3.63) is 41.5 Å². The van der Waals surface area contributed by atoms with Gasteiger partial charge in [0.25, 0.3) is 5.91 Å². The predicted octanol–water partition coefficient (Wildman–Crippen LogP) is 3.39. The number of piperazine rings is 1. The van der Waals surface area contributed by atoms with Crippen LogP contribution in [0.3, 0.4) is 0 Å². The highest BCUT2D eigenvalue weighted by Crippen LogP contribution is 2.33. The van der Waals surface area contributed by atoms with E-state index >= 15 is 0 Å². The Morgan fingerprint density at radius 1 is 1.02 bits per heavy atom. The number of amides is 1. The zero-order valence-electron chi connectivity index (χ0n) is 26.2. The lowest BCUT2D eigenvalue weighted by Gasteiger charge is -2.43. The summed E-state index contributed by atoms with van der Waals surface area (Å²) >= 11 is 0. The molecular weight excluding hydrogens is 556 g/mol. The number of rotatable bonds is 9. The highest BCUT2D eigenvalue weighted by Gasteiger charge is 2.28. The third-order valence-corrected chi connectivity index (χ3v) is 9.22. The first kappa shape index (κ1) is 30.3. The number of nitrogens with two attached hydrogens (primary N) is 1. The number of nitrogens with one attached hydrogen (secondary N) is 3. The van der Waals surface area contributed by atoms with Gasteiger partial charge in [0.15, 0.2) is 17.3 Å². The molecule has 0 saturated carbocycles. The number of nitrogens with zero attached hydrogens (tertiary/aromatic N) is 6.